The lowest BCUT2D eigenvalue weighted by atomic mass is 9.91. The first-order valence-electron chi connectivity index (χ1n) is 7.69. The van der Waals surface area contributed by atoms with Crippen LogP contribution in [0.15, 0.2) is 24.3 Å². The molecular formula is C17H25ClN2O2. The Hall–Kier alpha value is -1.55. The van der Waals surface area contributed by atoms with E-state index in [1.807, 2.05) is 24.3 Å². The van der Waals surface area contributed by atoms with Crippen molar-refractivity contribution in [1.29, 1.82) is 0 Å². The van der Waals surface area contributed by atoms with Crippen molar-refractivity contribution >= 4 is 23.4 Å². The molecule has 0 unspecified atom stereocenters. The summed E-state index contributed by atoms with van der Waals surface area (Å²) in [6.45, 7) is 6.42. The molecule has 122 valence electrons. The SMILES string of the molecule is CCCCNC(=O)C(C)(C)C(=O)NCCc1cccc(Cl)c1. The summed E-state index contributed by atoms with van der Waals surface area (Å²) in [6.07, 6.45) is 2.60. The number of nitrogens with one attached hydrogen (secondary N) is 2. The Morgan fingerprint density at radius 1 is 1.14 bits per heavy atom. The Kier molecular flexibility index (Phi) is 7.39. The van der Waals surface area contributed by atoms with Crippen molar-refractivity contribution in [2.75, 3.05) is 13.1 Å². The second-order valence-corrected chi connectivity index (χ2v) is 6.31. The zero-order valence-corrected chi connectivity index (χ0v) is 14.3. The second-order valence-electron chi connectivity index (χ2n) is 5.87. The monoisotopic (exact) mass is 324 g/mol. The van der Waals surface area contributed by atoms with E-state index in [2.05, 4.69) is 17.6 Å². The first kappa shape index (κ1) is 18.5. The maximum absolute atomic E-state index is 12.2. The maximum Gasteiger partial charge on any atom is 0.235 e. The Morgan fingerprint density at radius 3 is 2.36 bits per heavy atom. The van der Waals surface area contributed by atoms with Crippen LogP contribution in [0.4, 0.5) is 0 Å². The van der Waals surface area contributed by atoms with Crippen molar-refractivity contribution in [3.05, 3.63) is 34.9 Å². The Labute approximate surface area is 137 Å². The molecule has 0 radical (unpaired) electrons. The van der Waals surface area contributed by atoms with E-state index in [1.165, 1.54) is 0 Å². The van der Waals surface area contributed by atoms with Crippen molar-refractivity contribution in [2.45, 2.75) is 40.0 Å². The van der Waals surface area contributed by atoms with Crippen LogP contribution in [0.3, 0.4) is 0 Å². The quantitative estimate of drug-likeness (QED) is 0.570. The van der Waals surface area contributed by atoms with E-state index in [0.717, 1.165) is 18.4 Å². The number of benzene rings is 1. The van der Waals surface area contributed by atoms with Gasteiger partial charge >= 0.3 is 0 Å². The predicted octanol–water partition coefficient (Wildman–Crippen LogP) is 2.94. The van der Waals surface area contributed by atoms with Gasteiger partial charge in [0.2, 0.25) is 11.8 Å². The molecule has 0 fully saturated rings. The molecule has 5 heteroatoms. The molecule has 0 saturated heterocycles. The number of hydrogen-bond donors (Lipinski definition) is 2. The highest BCUT2D eigenvalue weighted by atomic mass is 35.5. The molecule has 1 aromatic rings. The molecule has 0 aliphatic rings. The molecule has 0 heterocycles. The van der Waals surface area contributed by atoms with Crippen molar-refractivity contribution in [2.24, 2.45) is 5.41 Å². The minimum absolute atomic E-state index is 0.235. The van der Waals surface area contributed by atoms with Gasteiger partial charge in [-0.15, -0.1) is 0 Å². The number of carbonyl (C=O) groups is 2. The summed E-state index contributed by atoms with van der Waals surface area (Å²) in [7, 11) is 0. The first-order chi connectivity index (χ1) is 10.4. The number of carbonyl (C=O) groups excluding carboxylic acids is 2. The van der Waals surface area contributed by atoms with Crippen LogP contribution < -0.4 is 10.6 Å². The minimum Gasteiger partial charge on any atom is -0.355 e. The minimum atomic E-state index is -1.07. The van der Waals surface area contributed by atoms with E-state index < -0.39 is 5.41 Å². The predicted molar refractivity (Wildman–Crippen MR) is 89.9 cm³/mol. The third-order valence-electron chi connectivity index (χ3n) is 3.54. The fraction of sp³-hybridized carbons (Fsp3) is 0.529. The zero-order valence-electron chi connectivity index (χ0n) is 13.5. The summed E-state index contributed by atoms with van der Waals surface area (Å²) in [4.78, 5) is 24.3. The van der Waals surface area contributed by atoms with E-state index in [4.69, 9.17) is 11.6 Å². The summed E-state index contributed by atoms with van der Waals surface area (Å²) in [5.74, 6) is -0.496. The third kappa shape index (κ3) is 5.68. The number of rotatable bonds is 8. The molecule has 0 aliphatic heterocycles. The van der Waals surface area contributed by atoms with Crippen LogP contribution in [0.1, 0.15) is 39.2 Å². The van der Waals surface area contributed by atoms with Gasteiger partial charge in [0.05, 0.1) is 0 Å². The molecule has 0 aliphatic carbocycles. The standard InChI is InChI=1S/C17H25ClN2O2/c1-4-5-10-19-15(21)17(2,3)16(22)20-11-9-13-7-6-8-14(18)12-13/h6-8,12H,4-5,9-11H2,1-3H3,(H,19,21)(H,20,22). The molecule has 0 bridgehead atoms. The molecule has 0 spiro atoms. The average molecular weight is 325 g/mol. The van der Waals surface area contributed by atoms with Gasteiger partial charge < -0.3 is 10.6 Å². The van der Waals surface area contributed by atoms with Gasteiger partial charge in [0, 0.05) is 18.1 Å². The van der Waals surface area contributed by atoms with Gasteiger partial charge in [-0.25, -0.2) is 0 Å². The Balaban J connectivity index is 2.44. The first-order valence-corrected chi connectivity index (χ1v) is 8.06. The normalized spacial score (nSPS) is 11.1. The Bertz CT molecular complexity index is 515. The summed E-state index contributed by atoms with van der Waals surface area (Å²) < 4.78 is 0. The molecule has 4 nitrogen and oxygen atoms in total. The van der Waals surface area contributed by atoms with Crippen LogP contribution in [0, 0.1) is 5.41 Å². The average Bonchev–Trinajstić information content (AvgIpc) is 2.47. The van der Waals surface area contributed by atoms with Gasteiger partial charge in [-0.1, -0.05) is 37.1 Å². The van der Waals surface area contributed by atoms with Crippen molar-refractivity contribution < 1.29 is 9.59 Å². The van der Waals surface area contributed by atoms with Crippen LogP contribution in [-0.4, -0.2) is 24.9 Å². The van der Waals surface area contributed by atoms with Crippen molar-refractivity contribution in [3.63, 3.8) is 0 Å². The summed E-state index contributed by atoms with van der Waals surface area (Å²) in [5, 5.41) is 6.30. The third-order valence-corrected chi connectivity index (χ3v) is 3.77. The molecule has 0 atom stereocenters. The highest BCUT2D eigenvalue weighted by Gasteiger charge is 2.35. The second kappa shape index (κ2) is 8.79. The van der Waals surface area contributed by atoms with E-state index >= 15 is 0 Å². The van der Waals surface area contributed by atoms with E-state index in [9.17, 15) is 9.59 Å². The van der Waals surface area contributed by atoms with Gasteiger partial charge in [-0.05, 0) is 44.4 Å². The maximum atomic E-state index is 12.2. The van der Waals surface area contributed by atoms with E-state index in [1.54, 1.807) is 13.8 Å². The topological polar surface area (TPSA) is 58.2 Å². The van der Waals surface area contributed by atoms with Crippen LogP contribution in [0.2, 0.25) is 5.02 Å². The molecule has 22 heavy (non-hydrogen) atoms. The van der Waals surface area contributed by atoms with E-state index in [0.29, 0.717) is 24.5 Å². The van der Waals surface area contributed by atoms with E-state index in [-0.39, 0.29) is 11.8 Å². The summed E-state index contributed by atoms with van der Waals surface area (Å²) in [5.41, 5.74) is -0.0137. The van der Waals surface area contributed by atoms with Gasteiger partial charge in [0.1, 0.15) is 5.41 Å². The molecule has 0 aromatic heterocycles. The lowest BCUT2D eigenvalue weighted by Gasteiger charge is -2.22. The molecule has 1 aromatic carbocycles. The van der Waals surface area contributed by atoms with Crippen LogP contribution in [0.25, 0.3) is 0 Å². The summed E-state index contributed by atoms with van der Waals surface area (Å²) in [6, 6.07) is 7.52. The molecule has 2 N–H and O–H groups in total. The molecule has 1 rings (SSSR count). The highest BCUT2D eigenvalue weighted by Crippen LogP contribution is 2.16. The van der Waals surface area contributed by atoms with Gasteiger partial charge in [-0.3, -0.25) is 9.59 Å². The van der Waals surface area contributed by atoms with Crippen LogP contribution >= 0.6 is 11.6 Å². The van der Waals surface area contributed by atoms with Crippen molar-refractivity contribution in [3.8, 4) is 0 Å². The Morgan fingerprint density at radius 2 is 1.77 bits per heavy atom. The van der Waals surface area contributed by atoms with Crippen LogP contribution in [0.5, 0.6) is 0 Å². The van der Waals surface area contributed by atoms with Gasteiger partial charge in [-0.2, -0.15) is 0 Å². The summed E-state index contributed by atoms with van der Waals surface area (Å²) >= 11 is 5.92. The number of halogens is 1. The zero-order chi connectivity index (χ0) is 16.6. The molecule has 2 amide bonds. The lowest BCUT2D eigenvalue weighted by Crippen LogP contribution is -2.48. The highest BCUT2D eigenvalue weighted by molar-refractivity contribution is 6.30. The molecule has 0 saturated carbocycles. The van der Waals surface area contributed by atoms with Gasteiger partial charge in [0.15, 0.2) is 0 Å². The fourth-order valence-electron chi connectivity index (χ4n) is 1.94. The van der Waals surface area contributed by atoms with Gasteiger partial charge in [0.25, 0.3) is 0 Å². The largest absolute Gasteiger partial charge is 0.355 e. The number of amides is 2. The fourth-order valence-corrected chi connectivity index (χ4v) is 2.15. The number of unbranched alkanes of at least 4 members (excludes halogenated alkanes) is 1. The molecular weight excluding hydrogens is 300 g/mol. The van der Waals surface area contributed by atoms with Crippen molar-refractivity contribution in [1.82, 2.24) is 10.6 Å². The smallest absolute Gasteiger partial charge is 0.235 e. The number of hydrogen-bond acceptors (Lipinski definition) is 2. The van der Waals surface area contributed by atoms with Crippen LogP contribution in [-0.2, 0) is 16.0 Å². The lowest BCUT2D eigenvalue weighted by molar-refractivity contribution is -0.141.